The predicted molar refractivity (Wildman–Crippen MR) is 91.5 cm³/mol. The molecule has 2 rings (SSSR count). The highest BCUT2D eigenvalue weighted by molar-refractivity contribution is 5.87. The van der Waals surface area contributed by atoms with E-state index in [4.69, 9.17) is 0 Å². The second-order valence-electron chi connectivity index (χ2n) is 5.92. The van der Waals surface area contributed by atoms with E-state index in [1.54, 1.807) is 30.1 Å². The molecule has 0 aromatic heterocycles. The van der Waals surface area contributed by atoms with Crippen LogP contribution >= 0.6 is 0 Å². The maximum absolute atomic E-state index is 13.7. The van der Waals surface area contributed by atoms with E-state index < -0.39 is 0 Å². The van der Waals surface area contributed by atoms with Gasteiger partial charge >= 0.3 is 6.03 Å². The molecular weight excluding hydrogens is 311 g/mol. The predicted octanol–water partition coefficient (Wildman–Crippen LogP) is 1.57. The fourth-order valence-electron chi connectivity index (χ4n) is 2.94. The molecule has 1 aliphatic rings. The number of carbonyl (C=O) groups is 2. The molecule has 0 bridgehead atoms. The molecule has 1 aliphatic heterocycles. The van der Waals surface area contributed by atoms with Crippen LogP contribution in [0.2, 0.25) is 0 Å². The number of urea groups is 1. The van der Waals surface area contributed by atoms with E-state index in [9.17, 15) is 14.0 Å². The number of hydrogen-bond acceptors (Lipinski definition) is 3. The van der Waals surface area contributed by atoms with Gasteiger partial charge in [-0.3, -0.25) is 4.79 Å². The van der Waals surface area contributed by atoms with Gasteiger partial charge in [0.25, 0.3) is 0 Å². The third-order valence-corrected chi connectivity index (χ3v) is 4.27. The first-order chi connectivity index (χ1) is 11.5. The number of carbonyl (C=O) groups excluding carboxylic acids is 2. The molecule has 1 atom stereocenters. The Morgan fingerprint density at radius 3 is 2.83 bits per heavy atom. The van der Waals surface area contributed by atoms with Crippen molar-refractivity contribution in [3.8, 4) is 0 Å². The van der Waals surface area contributed by atoms with Gasteiger partial charge in [0, 0.05) is 33.7 Å². The van der Waals surface area contributed by atoms with Gasteiger partial charge in [-0.2, -0.15) is 0 Å². The van der Waals surface area contributed by atoms with Gasteiger partial charge in [-0.05, 0) is 31.4 Å². The van der Waals surface area contributed by atoms with Crippen molar-refractivity contribution in [2.24, 2.45) is 0 Å². The van der Waals surface area contributed by atoms with Crippen molar-refractivity contribution in [1.29, 1.82) is 0 Å². The standard InChI is InChI=1S/C17H25FN4O2/c1-19-16(23)15-9-5-12-22(15)17(24)20-10-6-11-21(2)14-8-4-3-7-13(14)18/h3-4,7-8,15H,5-6,9-12H2,1-2H3,(H,19,23)(H,20,24). The summed E-state index contributed by atoms with van der Waals surface area (Å²) in [6, 6.07) is 6.02. The number of halogens is 1. The zero-order valence-electron chi connectivity index (χ0n) is 14.2. The Bertz CT molecular complexity index is 581. The molecule has 0 radical (unpaired) electrons. The van der Waals surface area contributed by atoms with Gasteiger partial charge in [-0.15, -0.1) is 0 Å². The largest absolute Gasteiger partial charge is 0.372 e. The second-order valence-corrected chi connectivity index (χ2v) is 5.92. The van der Waals surface area contributed by atoms with Crippen molar-refractivity contribution in [1.82, 2.24) is 15.5 Å². The fraction of sp³-hybridized carbons (Fsp3) is 0.529. The van der Waals surface area contributed by atoms with Crippen LogP contribution in [0.1, 0.15) is 19.3 Å². The van der Waals surface area contributed by atoms with Gasteiger partial charge in [0.2, 0.25) is 5.91 Å². The summed E-state index contributed by atoms with van der Waals surface area (Å²) in [5, 5.41) is 5.44. The summed E-state index contributed by atoms with van der Waals surface area (Å²) in [6.45, 7) is 1.70. The maximum atomic E-state index is 13.7. The van der Waals surface area contributed by atoms with Crippen LogP contribution < -0.4 is 15.5 Å². The number of nitrogens with one attached hydrogen (secondary N) is 2. The summed E-state index contributed by atoms with van der Waals surface area (Å²) in [4.78, 5) is 27.4. The Hall–Kier alpha value is -2.31. The molecule has 1 saturated heterocycles. The van der Waals surface area contributed by atoms with Crippen LogP contribution in [0.25, 0.3) is 0 Å². The molecule has 7 heteroatoms. The third-order valence-electron chi connectivity index (χ3n) is 4.27. The lowest BCUT2D eigenvalue weighted by Crippen LogP contribution is -2.49. The highest BCUT2D eigenvalue weighted by atomic mass is 19.1. The summed E-state index contributed by atoms with van der Waals surface area (Å²) >= 11 is 0. The average Bonchev–Trinajstić information content (AvgIpc) is 3.07. The van der Waals surface area contributed by atoms with Crippen molar-refractivity contribution in [2.75, 3.05) is 38.6 Å². The van der Waals surface area contributed by atoms with Crippen molar-refractivity contribution < 1.29 is 14.0 Å². The van der Waals surface area contributed by atoms with E-state index in [0.717, 1.165) is 6.42 Å². The number of likely N-dealkylation sites (N-methyl/N-ethyl adjacent to an activating group) is 1. The summed E-state index contributed by atoms with van der Waals surface area (Å²) in [5.41, 5.74) is 0.544. The molecule has 1 aromatic carbocycles. The first-order valence-corrected chi connectivity index (χ1v) is 8.26. The minimum Gasteiger partial charge on any atom is -0.372 e. The molecule has 6 nitrogen and oxygen atoms in total. The monoisotopic (exact) mass is 336 g/mol. The molecule has 1 aromatic rings. The molecule has 1 unspecified atom stereocenters. The normalized spacial score (nSPS) is 16.8. The zero-order valence-corrected chi connectivity index (χ0v) is 14.2. The van der Waals surface area contributed by atoms with Crippen LogP contribution in [0.3, 0.4) is 0 Å². The number of rotatable bonds is 6. The van der Waals surface area contributed by atoms with Gasteiger partial charge in [0.1, 0.15) is 11.9 Å². The third kappa shape index (κ3) is 4.37. The Balaban J connectivity index is 1.75. The summed E-state index contributed by atoms with van der Waals surface area (Å²) in [5.74, 6) is -0.378. The molecular formula is C17H25FN4O2. The molecule has 0 spiro atoms. The van der Waals surface area contributed by atoms with Crippen molar-refractivity contribution in [3.63, 3.8) is 0 Å². The zero-order chi connectivity index (χ0) is 17.5. The Labute approximate surface area is 142 Å². The highest BCUT2D eigenvalue weighted by Gasteiger charge is 2.33. The number of para-hydroxylation sites is 1. The van der Waals surface area contributed by atoms with Gasteiger partial charge in [0.15, 0.2) is 0 Å². The first kappa shape index (κ1) is 18.0. The number of hydrogen-bond donors (Lipinski definition) is 2. The van der Waals surface area contributed by atoms with E-state index in [-0.39, 0.29) is 23.8 Å². The Morgan fingerprint density at radius 1 is 1.38 bits per heavy atom. The SMILES string of the molecule is CNC(=O)C1CCCN1C(=O)NCCCN(C)c1ccccc1F. The lowest BCUT2D eigenvalue weighted by Gasteiger charge is -2.24. The average molecular weight is 336 g/mol. The molecule has 3 amide bonds. The van der Waals surface area contributed by atoms with Gasteiger partial charge in [-0.25, -0.2) is 9.18 Å². The van der Waals surface area contributed by atoms with Crippen molar-refractivity contribution in [3.05, 3.63) is 30.1 Å². The number of amides is 3. The van der Waals surface area contributed by atoms with Crippen LogP contribution in [0.15, 0.2) is 24.3 Å². The molecule has 24 heavy (non-hydrogen) atoms. The smallest absolute Gasteiger partial charge is 0.318 e. The number of anilines is 1. The van der Waals surface area contributed by atoms with Crippen LogP contribution in [0.5, 0.6) is 0 Å². The van der Waals surface area contributed by atoms with E-state index in [0.29, 0.717) is 38.2 Å². The summed E-state index contributed by atoms with van der Waals surface area (Å²) in [6.07, 6.45) is 2.22. The molecule has 0 aliphatic carbocycles. The topological polar surface area (TPSA) is 64.7 Å². The summed E-state index contributed by atoms with van der Waals surface area (Å²) < 4.78 is 13.7. The lowest BCUT2D eigenvalue weighted by molar-refractivity contribution is -0.124. The Kier molecular flexibility index (Phi) is 6.40. The van der Waals surface area contributed by atoms with Crippen molar-refractivity contribution in [2.45, 2.75) is 25.3 Å². The highest BCUT2D eigenvalue weighted by Crippen LogP contribution is 2.18. The number of nitrogens with zero attached hydrogens (tertiary/aromatic N) is 2. The number of benzene rings is 1. The summed E-state index contributed by atoms with van der Waals surface area (Å²) in [7, 11) is 3.40. The van der Waals surface area contributed by atoms with E-state index in [1.165, 1.54) is 6.07 Å². The van der Waals surface area contributed by atoms with Crippen LogP contribution in [-0.2, 0) is 4.79 Å². The molecule has 132 valence electrons. The minimum absolute atomic E-state index is 0.123. The Morgan fingerprint density at radius 2 is 2.12 bits per heavy atom. The second kappa shape index (κ2) is 8.52. The fourth-order valence-corrected chi connectivity index (χ4v) is 2.94. The lowest BCUT2D eigenvalue weighted by atomic mass is 10.2. The van der Waals surface area contributed by atoms with E-state index in [2.05, 4.69) is 10.6 Å². The van der Waals surface area contributed by atoms with Gasteiger partial charge in [0.05, 0.1) is 5.69 Å². The van der Waals surface area contributed by atoms with Crippen LogP contribution in [0, 0.1) is 5.82 Å². The number of likely N-dealkylation sites (tertiary alicyclic amines) is 1. The van der Waals surface area contributed by atoms with Gasteiger partial charge in [-0.1, -0.05) is 12.1 Å². The van der Waals surface area contributed by atoms with E-state index in [1.807, 2.05) is 11.9 Å². The van der Waals surface area contributed by atoms with Gasteiger partial charge < -0.3 is 20.4 Å². The minimum atomic E-state index is -0.379. The van der Waals surface area contributed by atoms with E-state index >= 15 is 0 Å². The molecule has 1 fully saturated rings. The van der Waals surface area contributed by atoms with Crippen LogP contribution in [-0.4, -0.2) is 56.6 Å². The first-order valence-electron chi connectivity index (χ1n) is 8.26. The quantitative estimate of drug-likeness (QED) is 0.775. The molecule has 0 saturated carbocycles. The molecule has 1 heterocycles. The van der Waals surface area contributed by atoms with Crippen molar-refractivity contribution >= 4 is 17.6 Å². The van der Waals surface area contributed by atoms with Crippen LogP contribution in [0.4, 0.5) is 14.9 Å². The maximum Gasteiger partial charge on any atom is 0.318 e. The molecule has 2 N–H and O–H groups in total.